The van der Waals surface area contributed by atoms with Gasteiger partial charge in [-0.05, 0) is 44.4 Å². The quantitative estimate of drug-likeness (QED) is 0.449. The number of hydrogen-bond acceptors (Lipinski definition) is 7. The second-order valence-electron chi connectivity index (χ2n) is 9.87. The van der Waals surface area contributed by atoms with Crippen molar-refractivity contribution in [2.45, 2.75) is 74.1 Å². The molecule has 2 aromatic heterocycles. The molecule has 1 aliphatic carbocycles. The van der Waals surface area contributed by atoms with E-state index in [-0.39, 0.29) is 28.2 Å². The molecule has 3 aromatic rings. The van der Waals surface area contributed by atoms with Crippen LogP contribution < -0.4 is 10.9 Å². The van der Waals surface area contributed by atoms with Gasteiger partial charge < -0.3 is 10.4 Å². The first-order valence-corrected chi connectivity index (χ1v) is 13.5. The molecule has 0 aliphatic heterocycles. The van der Waals surface area contributed by atoms with Crippen LogP contribution >= 0.6 is 0 Å². The van der Waals surface area contributed by atoms with Crippen molar-refractivity contribution in [2.75, 3.05) is 5.32 Å². The van der Waals surface area contributed by atoms with Crippen LogP contribution in [0.25, 0.3) is 0 Å². The third kappa shape index (κ3) is 6.08. The van der Waals surface area contributed by atoms with Crippen LogP contribution in [-0.2, 0) is 21.2 Å². The molecule has 0 spiro atoms. The molecule has 2 heterocycles. The lowest BCUT2D eigenvalue weighted by Gasteiger charge is -2.21. The normalized spacial score (nSPS) is 15.6. The highest BCUT2D eigenvalue weighted by molar-refractivity contribution is 7.91. The van der Waals surface area contributed by atoms with Crippen molar-refractivity contribution in [3.05, 3.63) is 65.1 Å². The van der Waals surface area contributed by atoms with Gasteiger partial charge in [-0.2, -0.15) is 10.2 Å². The largest absolute Gasteiger partial charge is 0.389 e. The molecule has 4 rings (SSSR count). The van der Waals surface area contributed by atoms with Crippen molar-refractivity contribution in [1.29, 1.82) is 0 Å². The number of aliphatic hydroxyl groups is 1. The summed E-state index contributed by atoms with van der Waals surface area (Å²) in [4.78, 5) is 26.3. The summed E-state index contributed by atoms with van der Waals surface area (Å²) in [5, 5.41) is 20.9. The molecule has 1 amide bonds. The summed E-state index contributed by atoms with van der Waals surface area (Å²) in [7, 11) is -3.98. The zero-order chi connectivity index (χ0) is 25.9. The van der Waals surface area contributed by atoms with E-state index in [4.69, 9.17) is 0 Å². The van der Waals surface area contributed by atoms with Gasteiger partial charge in [0.25, 0.3) is 11.5 Å². The van der Waals surface area contributed by atoms with E-state index in [9.17, 15) is 23.1 Å². The maximum absolute atomic E-state index is 13.4. The smallest absolute Gasteiger partial charge is 0.267 e. The van der Waals surface area contributed by atoms with Gasteiger partial charge in [0.05, 0.1) is 17.0 Å². The zero-order valence-electron chi connectivity index (χ0n) is 20.4. The first kappa shape index (κ1) is 25.8. The monoisotopic (exact) mass is 513 g/mol. The number of nitrogens with zero attached hydrogens (tertiary/aromatic N) is 4. The standard InChI is InChI=1S/C25H31N5O5S/c1-25(2,33)17-29-15-14-21(27-29)26-24(32)20(16-18-8-6-7-9-18)30-23(31)13-12-22(28-30)36(34,35)19-10-4-3-5-11-19/h3-5,10-15,18,20,33H,6-9,16-17H2,1-2H3,(H,26,27,32). The lowest BCUT2D eigenvalue weighted by Crippen LogP contribution is -2.36. The highest BCUT2D eigenvalue weighted by atomic mass is 32.2. The van der Waals surface area contributed by atoms with Gasteiger partial charge in [0.2, 0.25) is 9.84 Å². The van der Waals surface area contributed by atoms with E-state index >= 15 is 0 Å². The summed E-state index contributed by atoms with van der Waals surface area (Å²) >= 11 is 0. The number of carbonyl (C=O) groups excluding carboxylic acids is 1. The Balaban J connectivity index is 1.66. The molecule has 192 valence electrons. The minimum atomic E-state index is -3.98. The zero-order valence-corrected chi connectivity index (χ0v) is 21.2. The van der Waals surface area contributed by atoms with Crippen molar-refractivity contribution in [1.82, 2.24) is 19.6 Å². The van der Waals surface area contributed by atoms with Gasteiger partial charge in [-0.3, -0.25) is 14.3 Å². The number of rotatable bonds is 9. The third-order valence-electron chi connectivity index (χ3n) is 6.20. The minimum Gasteiger partial charge on any atom is -0.389 e. The number of amides is 1. The highest BCUT2D eigenvalue weighted by Gasteiger charge is 2.30. The Kier molecular flexibility index (Phi) is 7.41. The van der Waals surface area contributed by atoms with Crippen LogP contribution in [0.4, 0.5) is 5.82 Å². The summed E-state index contributed by atoms with van der Waals surface area (Å²) in [6.07, 6.45) is 5.95. The lowest BCUT2D eigenvalue weighted by atomic mass is 9.98. The first-order chi connectivity index (χ1) is 17.0. The van der Waals surface area contributed by atoms with Crippen molar-refractivity contribution < 1.29 is 18.3 Å². The molecule has 2 N–H and O–H groups in total. The molecular formula is C25H31N5O5S. The summed E-state index contributed by atoms with van der Waals surface area (Å²) in [6, 6.07) is 10.7. The van der Waals surface area contributed by atoms with E-state index in [1.807, 2.05) is 0 Å². The molecule has 1 aromatic carbocycles. The van der Waals surface area contributed by atoms with Crippen molar-refractivity contribution in [3.63, 3.8) is 0 Å². The predicted molar refractivity (Wildman–Crippen MR) is 133 cm³/mol. The Morgan fingerprint density at radius 3 is 2.47 bits per heavy atom. The molecule has 1 saturated carbocycles. The van der Waals surface area contributed by atoms with Crippen molar-refractivity contribution >= 4 is 21.6 Å². The van der Waals surface area contributed by atoms with E-state index < -0.39 is 32.9 Å². The second-order valence-corrected chi connectivity index (χ2v) is 11.8. The average molecular weight is 514 g/mol. The first-order valence-electron chi connectivity index (χ1n) is 12.0. The van der Waals surface area contributed by atoms with Crippen molar-refractivity contribution in [2.24, 2.45) is 5.92 Å². The van der Waals surface area contributed by atoms with E-state index in [1.165, 1.54) is 22.9 Å². The fraction of sp³-hybridized carbons (Fsp3) is 0.440. The van der Waals surface area contributed by atoms with Crippen LogP contribution in [-0.4, -0.2) is 44.6 Å². The molecular weight excluding hydrogens is 482 g/mol. The van der Waals surface area contributed by atoms with E-state index in [0.29, 0.717) is 6.42 Å². The summed E-state index contributed by atoms with van der Waals surface area (Å²) in [6.45, 7) is 3.53. The molecule has 1 atom stereocenters. The number of anilines is 1. The highest BCUT2D eigenvalue weighted by Crippen LogP contribution is 2.32. The maximum Gasteiger partial charge on any atom is 0.267 e. The molecule has 1 unspecified atom stereocenters. The Hall–Kier alpha value is -3.31. The Bertz CT molecular complexity index is 1370. The molecule has 1 aliphatic rings. The van der Waals surface area contributed by atoms with Gasteiger partial charge in [0, 0.05) is 18.3 Å². The van der Waals surface area contributed by atoms with Gasteiger partial charge in [-0.1, -0.05) is 43.9 Å². The van der Waals surface area contributed by atoms with E-state index in [2.05, 4.69) is 15.5 Å². The van der Waals surface area contributed by atoms with E-state index in [0.717, 1.165) is 36.4 Å². The molecule has 0 radical (unpaired) electrons. The summed E-state index contributed by atoms with van der Waals surface area (Å²) in [5.74, 6) is -0.0161. The Labute approximate surface area is 209 Å². The molecule has 10 nitrogen and oxygen atoms in total. The number of nitrogens with one attached hydrogen (secondary N) is 1. The van der Waals surface area contributed by atoms with E-state index in [1.54, 1.807) is 44.3 Å². The van der Waals surface area contributed by atoms with Gasteiger partial charge in [-0.25, -0.2) is 13.1 Å². The lowest BCUT2D eigenvalue weighted by molar-refractivity contribution is -0.120. The molecule has 0 saturated heterocycles. The SMILES string of the molecule is CC(C)(O)Cn1ccc(NC(=O)C(CC2CCCC2)n2nc(S(=O)(=O)c3ccccc3)ccc2=O)n1. The second kappa shape index (κ2) is 10.4. The minimum absolute atomic E-state index is 0.0526. The number of aromatic nitrogens is 4. The van der Waals surface area contributed by atoms with Gasteiger partial charge in [0.15, 0.2) is 10.8 Å². The summed E-state index contributed by atoms with van der Waals surface area (Å²) in [5.41, 5.74) is -1.55. The maximum atomic E-state index is 13.4. The fourth-order valence-corrected chi connectivity index (χ4v) is 5.70. The summed E-state index contributed by atoms with van der Waals surface area (Å²) < 4.78 is 28.8. The molecule has 0 bridgehead atoms. The average Bonchev–Trinajstić information content (AvgIpc) is 3.49. The predicted octanol–water partition coefficient (Wildman–Crippen LogP) is 2.80. The topological polar surface area (TPSA) is 136 Å². The molecule has 36 heavy (non-hydrogen) atoms. The molecule has 1 fully saturated rings. The number of carbonyl (C=O) groups is 1. The van der Waals surface area contributed by atoms with Gasteiger partial charge >= 0.3 is 0 Å². The fourth-order valence-electron chi connectivity index (χ4n) is 4.50. The Morgan fingerprint density at radius 2 is 1.81 bits per heavy atom. The van der Waals surface area contributed by atoms with Crippen LogP contribution in [0.2, 0.25) is 0 Å². The van der Waals surface area contributed by atoms with Crippen LogP contribution in [0.1, 0.15) is 52.0 Å². The van der Waals surface area contributed by atoms with Crippen molar-refractivity contribution in [3.8, 4) is 0 Å². The third-order valence-corrected chi connectivity index (χ3v) is 7.86. The van der Waals surface area contributed by atoms with Gasteiger partial charge in [-0.15, -0.1) is 0 Å². The number of hydrogen-bond donors (Lipinski definition) is 2. The molecule has 11 heteroatoms. The van der Waals surface area contributed by atoms with Crippen LogP contribution in [0, 0.1) is 5.92 Å². The van der Waals surface area contributed by atoms with Gasteiger partial charge in [0.1, 0.15) is 6.04 Å². The van der Waals surface area contributed by atoms with Crippen LogP contribution in [0.15, 0.2) is 69.4 Å². The number of sulfone groups is 1. The Morgan fingerprint density at radius 1 is 1.11 bits per heavy atom. The number of benzene rings is 1. The van der Waals surface area contributed by atoms with Crippen LogP contribution in [0.5, 0.6) is 0 Å². The van der Waals surface area contributed by atoms with Crippen LogP contribution in [0.3, 0.4) is 0 Å².